The molecule has 1 aromatic heterocycles. The molecule has 2 aliphatic heterocycles. The number of nitrogens with zero attached hydrogens (tertiary/aromatic N) is 4. The van der Waals surface area contributed by atoms with Crippen molar-refractivity contribution in [3.05, 3.63) is 11.7 Å². The highest BCUT2D eigenvalue weighted by atomic mass is 16.6. The van der Waals surface area contributed by atoms with Gasteiger partial charge in [-0.3, -0.25) is 14.6 Å². The Kier molecular flexibility index (Phi) is 3.95. The van der Waals surface area contributed by atoms with Gasteiger partial charge in [-0.1, -0.05) is 5.16 Å². The molecule has 7 heteroatoms. The van der Waals surface area contributed by atoms with E-state index in [0.717, 1.165) is 32.6 Å². The maximum atomic E-state index is 11.8. The predicted molar refractivity (Wildman–Crippen MR) is 74.6 cm³/mol. The van der Waals surface area contributed by atoms with E-state index in [-0.39, 0.29) is 24.2 Å². The highest BCUT2D eigenvalue weighted by Gasteiger charge is 2.38. The summed E-state index contributed by atoms with van der Waals surface area (Å²) >= 11 is 0. The number of rotatable bonds is 3. The van der Waals surface area contributed by atoms with Gasteiger partial charge in [0.1, 0.15) is 12.1 Å². The Bertz CT molecular complexity index is 510. The third-order valence-corrected chi connectivity index (χ3v) is 4.38. The number of ether oxygens (including phenoxy) is 1. The lowest BCUT2D eigenvalue weighted by Crippen LogP contribution is -2.52. The van der Waals surface area contributed by atoms with Gasteiger partial charge in [-0.25, -0.2) is 0 Å². The third-order valence-electron chi connectivity index (χ3n) is 4.38. The first kappa shape index (κ1) is 14.5. The van der Waals surface area contributed by atoms with Crippen molar-refractivity contribution >= 4 is 5.97 Å². The SMILES string of the molecule is Cc1noc([C@H](C)N2CCN([C@@H]3C[C@@H](C)OC3=O)CC2)n1. The van der Waals surface area contributed by atoms with Crippen molar-refractivity contribution in [2.24, 2.45) is 0 Å². The molecule has 1 aromatic rings. The fourth-order valence-corrected chi connectivity index (χ4v) is 3.11. The minimum atomic E-state index is -0.0727. The lowest BCUT2D eigenvalue weighted by Gasteiger charge is -2.38. The second-order valence-electron chi connectivity index (χ2n) is 5.93. The van der Waals surface area contributed by atoms with Crippen LogP contribution in [-0.4, -0.2) is 64.2 Å². The molecular formula is C14H22N4O3. The van der Waals surface area contributed by atoms with Gasteiger partial charge in [0.25, 0.3) is 0 Å². The van der Waals surface area contributed by atoms with Crippen LogP contribution in [-0.2, 0) is 9.53 Å². The van der Waals surface area contributed by atoms with E-state index in [1.807, 2.05) is 13.8 Å². The number of carbonyl (C=O) groups is 1. The summed E-state index contributed by atoms with van der Waals surface area (Å²) in [6, 6.07) is 0.0471. The average Bonchev–Trinajstić information content (AvgIpc) is 3.04. The summed E-state index contributed by atoms with van der Waals surface area (Å²) in [5, 5.41) is 3.84. The highest BCUT2D eigenvalue weighted by Crippen LogP contribution is 2.24. The molecule has 2 saturated heterocycles. The molecule has 7 nitrogen and oxygen atoms in total. The van der Waals surface area contributed by atoms with Crippen molar-refractivity contribution in [1.29, 1.82) is 0 Å². The Hall–Kier alpha value is -1.47. The highest BCUT2D eigenvalue weighted by molar-refractivity contribution is 5.78. The maximum Gasteiger partial charge on any atom is 0.323 e. The normalized spacial score (nSPS) is 29.6. The summed E-state index contributed by atoms with van der Waals surface area (Å²) in [7, 11) is 0. The molecule has 0 radical (unpaired) electrons. The molecule has 116 valence electrons. The molecule has 21 heavy (non-hydrogen) atoms. The lowest BCUT2D eigenvalue weighted by molar-refractivity contribution is -0.145. The summed E-state index contributed by atoms with van der Waals surface area (Å²) in [4.78, 5) is 20.7. The zero-order valence-corrected chi connectivity index (χ0v) is 12.8. The van der Waals surface area contributed by atoms with Gasteiger partial charge in [0.05, 0.1) is 6.04 Å². The standard InChI is InChI=1S/C14H22N4O3/c1-9-8-12(14(19)20-9)18-6-4-17(5-7-18)10(2)13-15-11(3)16-21-13/h9-10,12H,4-8H2,1-3H3/t9-,10+,12-/m1/s1. The minimum Gasteiger partial charge on any atom is -0.461 e. The van der Waals surface area contributed by atoms with E-state index in [2.05, 4.69) is 26.9 Å². The fraction of sp³-hybridized carbons (Fsp3) is 0.786. The van der Waals surface area contributed by atoms with E-state index in [0.29, 0.717) is 11.7 Å². The number of aromatic nitrogens is 2. The van der Waals surface area contributed by atoms with Crippen molar-refractivity contribution < 1.29 is 14.1 Å². The van der Waals surface area contributed by atoms with Crippen LogP contribution in [0.15, 0.2) is 4.52 Å². The third kappa shape index (κ3) is 2.94. The van der Waals surface area contributed by atoms with Gasteiger partial charge in [0.2, 0.25) is 5.89 Å². The molecule has 0 amide bonds. The Balaban J connectivity index is 1.56. The second kappa shape index (κ2) is 5.73. The molecular weight excluding hydrogens is 272 g/mol. The Morgan fingerprint density at radius 1 is 1.29 bits per heavy atom. The summed E-state index contributed by atoms with van der Waals surface area (Å²) in [6.45, 7) is 9.36. The van der Waals surface area contributed by atoms with Crippen LogP contribution in [0.5, 0.6) is 0 Å². The molecule has 3 rings (SSSR count). The number of aryl methyl sites for hydroxylation is 1. The van der Waals surface area contributed by atoms with Crippen molar-refractivity contribution in [3.8, 4) is 0 Å². The van der Waals surface area contributed by atoms with Crippen LogP contribution in [0.25, 0.3) is 0 Å². The van der Waals surface area contributed by atoms with Crippen molar-refractivity contribution in [2.45, 2.75) is 45.4 Å². The summed E-state index contributed by atoms with van der Waals surface area (Å²) in [6.07, 6.45) is 0.845. The monoisotopic (exact) mass is 294 g/mol. The largest absolute Gasteiger partial charge is 0.461 e. The van der Waals surface area contributed by atoms with Crippen molar-refractivity contribution in [1.82, 2.24) is 19.9 Å². The Morgan fingerprint density at radius 3 is 2.52 bits per heavy atom. The average molecular weight is 294 g/mol. The number of carbonyl (C=O) groups excluding carboxylic acids is 1. The molecule has 0 aromatic carbocycles. The van der Waals surface area contributed by atoms with E-state index in [1.54, 1.807) is 0 Å². The Labute approximate surface area is 124 Å². The zero-order valence-electron chi connectivity index (χ0n) is 12.8. The summed E-state index contributed by atoms with van der Waals surface area (Å²) in [5.74, 6) is 1.25. The van der Waals surface area contributed by atoms with Crippen LogP contribution in [0.4, 0.5) is 0 Å². The maximum absolute atomic E-state index is 11.8. The van der Waals surface area contributed by atoms with E-state index in [1.165, 1.54) is 0 Å². The van der Waals surface area contributed by atoms with Crippen LogP contribution >= 0.6 is 0 Å². The van der Waals surface area contributed by atoms with Gasteiger partial charge in [0.15, 0.2) is 5.82 Å². The zero-order chi connectivity index (χ0) is 15.0. The van der Waals surface area contributed by atoms with Crippen LogP contribution in [0.2, 0.25) is 0 Å². The van der Waals surface area contributed by atoms with Crippen LogP contribution in [0, 0.1) is 6.92 Å². The van der Waals surface area contributed by atoms with Gasteiger partial charge in [-0.15, -0.1) is 0 Å². The van der Waals surface area contributed by atoms with Crippen LogP contribution < -0.4 is 0 Å². The second-order valence-corrected chi connectivity index (χ2v) is 5.93. The number of hydrogen-bond acceptors (Lipinski definition) is 7. The fourth-order valence-electron chi connectivity index (χ4n) is 3.11. The Morgan fingerprint density at radius 2 is 2.00 bits per heavy atom. The molecule has 3 atom stereocenters. The van der Waals surface area contributed by atoms with Gasteiger partial charge in [-0.05, 0) is 20.8 Å². The van der Waals surface area contributed by atoms with Gasteiger partial charge < -0.3 is 9.26 Å². The number of piperazine rings is 1. The number of cyclic esters (lactones) is 1. The van der Waals surface area contributed by atoms with Crippen molar-refractivity contribution in [2.75, 3.05) is 26.2 Å². The van der Waals surface area contributed by atoms with E-state index >= 15 is 0 Å². The van der Waals surface area contributed by atoms with E-state index < -0.39 is 0 Å². The molecule has 3 heterocycles. The smallest absolute Gasteiger partial charge is 0.323 e. The molecule has 0 saturated carbocycles. The van der Waals surface area contributed by atoms with Crippen LogP contribution in [0.3, 0.4) is 0 Å². The first-order valence-corrected chi connectivity index (χ1v) is 7.53. The predicted octanol–water partition coefficient (Wildman–Crippen LogP) is 0.761. The van der Waals surface area contributed by atoms with Crippen molar-refractivity contribution in [3.63, 3.8) is 0 Å². The number of hydrogen-bond donors (Lipinski definition) is 0. The molecule has 0 unspecified atom stereocenters. The van der Waals surface area contributed by atoms with E-state index in [4.69, 9.17) is 9.26 Å². The van der Waals surface area contributed by atoms with Crippen LogP contribution in [0.1, 0.15) is 38.0 Å². The quantitative estimate of drug-likeness (QED) is 0.762. The molecule has 0 aliphatic carbocycles. The molecule has 2 fully saturated rings. The minimum absolute atomic E-state index is 0.0424. The first-order chi connectivity index (χ1) is 10.0. The molecule has 2 aliphatic rings. The molecule has 0 N–H and O–H groups in total. The lowest BCUT2D eigenvalue weighted by atomic mass is 10.1. The van der Waals surface area contributed by atoms with Gasteiger partial charge in [-0.2, -0.15) is 4.98 Å². The van der Waals surface area contributed by atoms with Gasteiger partial charge in [0, 0.05) is 32.6 Å². The summed E-state index contributed by atoms with van der Waals surface area (Å²) in [5.41, 5.74) is 0. The van der Waals surface area contributed by atoms with E-state index in [9.17, 15) is 4.79 Å². The van der Waals surface area contributed by atoms with Gasteiger partial charge >= 0.3 is 5.97 Å². The topological polar surface area (TPSA) is 71.7 Å². The molecule has 0 bridgehead atoms. The number of esters is 1. The molecule has 0 spiro atoms. The first-order valence-electron chi connectivity index (χ1n) is 7.53. The summed E-state index contributed by atoms with van der Waals surface area (Å²) < 4.78 is 10.5.